The molecule has 3 aromatic rings. The van der Waals surface area contributed by atoms with E-state index in [2.05, 4.69) is 22.2 Å². The van der Waals surface area contributed by atoms with Crippen molar-refractivity contribution in [2.45, 2.75) is 26.3 Å². The van der Waals surface area contributed by atoms with Gasteiger partial charge in [-0.05, 0) is 36.2 Å². The summed E-state index contributed by atoms with van der Waals surface area (Å²) in [6.45, 7) is 2.77. The fourth-order valence-electron chi connectivity index (χ4n) is 3.46. The summed E-state index contributed by atoms with van der Waals surface area (Å²) in [5.41, 5.74) is 4.25. The molecule has 2 amide bonds. The predicted molar refractivity (Wildman–Crippen MR) is 114 cm³/mol. The monoisotopic (exact) mass is 399 g/mol. The van der Waals surface area contributed by atoms with Crippen LogP contribution in [0.25, 0.3) is 11.4 Å². The summed E-state index contributed by atoms with van der Waals surface area (Å²) in [6.07, 6.45) is 1.47. The van der Waals surface area contributed by atoms with Crippen LogP contribution in [0.2, 0.25) is 0 Å². The molecule has 1 aliphatic rings. The fraction of sp³-hybridized carbons (Fsp3) is 0.217. The highest BCUT2D eigenvalue weighted by molar-refractivity contribution is 5.89. The highest BCUT2D eigenvalue weighted by Gasteiger charge is 2.25. The number of nitrogens with zero attached hydrogens (tertiary/aromatic N) is 3. The first-order valence-corrected chi connectivity index (χ1v) is 9.85. The lowest BCUT2D eigenvalue weighted by atomic mass is 10.1. The topological polar surface area (TPSA) is 102 Å². The van der Waals surface area contributed by atoms with Crippen LogP contribution in [0.3, 0.4) is 0 Å². The highest BCUT2D eigenvalue weighted by Crippen LogP contribution is 2.20. The minimum absolute atomic E-state index is 0.203. The zero-order chi connectivity index (χ0) is 21.1. The molecule has 2 heterocycles. The van der Waals surface area contributed by atoms with Gasteiger partial charge in [0.05, 0.1) is 29.4 Å². The lowest BCUT2D eigenvalue weighted by Crippen LogP contribution is -2.41. The van der Waals surface area contributed by atoms with E-state index in [-0.39, 0.29) is 18.1 Å². The molecule has 0 atom stereocenters. The maximum atomic E-state index is 12.7. The molecule has 0 saturated heterocycles. The minimum atomic E-state index is -0.288. The van der Waals surface area contributed by atoms with Crippen molar-refractivity contribution in [3.05, 3.63) is 81.3 Å². The number of nitriles is 1. The molecule has 4 rings (SSSR count). The van der Waals surface area contributed by atoms with Gasteiger partial charge < -0.3 is 15.2 Å². The van der Waals surface area contributed by atoms with E-state index >= 15 is 0 Å². The number of hydrogen-bond acceptors (Lipinski definition) is 4. The standard InChI is InChI=1S/C23H21N5O2/c1-2-15-3-7-17(8-4-15)21-26-20-11-12-28(14-19(20)22(29)27-21)23(30)25-18-9-5-16(13-24)6-10-18/h3-10H,2,11-12,14H2,1H3,(H,25,30)(H,26,27,29). The molecule has 0 saturated carbocycles. The number of aromatic amines is 1. The maximum absolute atomic E-state index is 12.7. The van der Waals surface area contributed by atoms with Crippen molar-refractivity contribution in [1.82, 2.24) is 14.9 Å². The SMILES string of the molecule is CCc1ccc(-c2nc3c(c(=O)[nH]2)CN(C(=O)Nc2ccc(C#N)cc2)CC3)cc1. The van der Waals surface area contributed by atoms with Crippen LogP contribution < -0.4 is 10.9 Å². The number of carbonyl (C=O) groups is 1. The Balaban J connectivity index is 1.51. The third kappa shape index (κ3) is 3.94. The summed E-state index contributed by atoms with van der Waals surface area (Å²) >= 11 is 0. The van der Waals surface area contributed by atoms with E-state index < -0.39 is 0 Å². The molecule has 1 aromatic heterocycles. The van der Waals surface area contributed by atoms with Crippen molar-refractivity contribution >= 4 is 11.7 Å². The zero-order valence-electron chi connectivity index (χ0n) is 16.6. The number of nitrogens with one attached hydrogen (secondary N) is 2. The number of fused-ring (bicyclic) bond motifs is 1. The Bertz CT molecular complexity index is 1170. The van der Waals surface area contributed by atoms with Gasteiger partial charge in [0.1, 0.15) is 5.82 Å². The molecule has 2 aromatic carbocycles. The van der Waals surface area contributed by atoms with Crippen molar-refractivity contribution in [3.8, 4) is 17.5 Å². The molecule has 0 fully saturated rings. The second-order valence-corrected chi connectivity index (χ2v) is 7.18. The average molecular weight is 399 g/mol. The van der Waals surface area contributed by atoms with Gasteiger partial charge >= 0.3 is 6.03 Å². The van der Waals surface area contributed by atoms with Gasteiger partial charge in [-0.3, -0.25) is 4.79 Å². The van der Waals surface area contributed by atoms with Crippen LogP contribution in [0.4, 0.5) is 10.5 Å². The van der Waals surface area contributed by atoms with E-state index in [0.717, 1.165) is 17.7 Å². The van der Waals surface area contributed by atoms with Crippen LogP contribution in [0.1, 0.15) is 29.3 Å². The Morgan fingerprint density at radius 1 is 1.20 bits per heavy atom. The van der Waals surface area contributed by atoms with Crippen molar-refractivity contribution in [2.24, 2.45) is 0 Å². The highest BCUT2D eigenvalue weighted by atomic mass is 16.2. The van der Waals surface area contributed by atoms with Gasteiger partial charge in [0, 0.05) is 24.2 Å². The third-order valence-corrected chi connectivity index (χ3v) is 5.26. The molecule has 0 unspecified atom stereocenters. The predicted octanol–water partition coefficient (Wildman–Crippen LogP) is 3.46. The molecular formula is C23H21N5O2. The van der Waals surface area contributed by atoms with Gasteiger partial charge in [0.2, 0.25) is 0 Å². The number of H-pyrrole nitrogens is 1. The Kier molecular flexibility index (Phi) is 5.31. The molecule has 0 radical (unpaired) electrons. The molecule has 1 aliphatic heterocycles. The summed E-state index contributed by atoms with van der Waals surface area (Å²) in [4.78, 5) is 34.4. The molecule has 150 valence electrons. The molecule has 7 nitrogen and oxygen atoms in total. The molecule has 2 N–H and O–H groups in total. The first kappa shape index (κ1) is 19.4. The number of hydrogen-bond donors (Lipinski definition) is 2. The molecule has 0 spiro atoms. The van der Waals surface area contributed by atoms with Crippen LogP contribution in [-0.4, -0.2) is 27.4 Å². The largest absolute Gasteiger partial charge is 0.322 e. The van der Waals surface area contributed by atoms with E-state index in [1.807, 2.05) is 30.3 Å². The maximum Gasteiger partial charge on any atom is 0.322 e. The Morgan fingerprint density at radius 3 is 2.60 bits per heavy atom. The van der Waals surface area contributed by atoms with Gasteiger partial charge in [-0.1, -0.05) is 31.2 Å². The van der Waals surface area contributed by atoms with Crippen molar-refractivity contribution in [3.63, 3.8) is 0 Å². The Labute approximate surface area is 174 Å². The number of amides is 2. The van der Waals surface area contributed by atoms with Gasteiger partial charge in [-0.15, -0.1) is 0 Å². The first-order valence-electron chi connectivity index (χ1n) is 9.85. The van der Waals surface area contributed by atoms with E-state index in [1.54, 1.807) is 29.2 Å². The van der Waals surface area contributed by atoms with Gasteiger partial charge in [0.25, 0.3) is 5.56 Å². The van der Waals surface area contributed by atoms with Crippen molar-refractivity contribution in [2.75, 3.05) is 11.9 Å². The minimum Gasteiger partial charge on any atom is -0.320 e. The smallest absolute Gasteiger partial charge is 0.320 e. The van der Waals surface area contributed by atoms with Crippen LogP contribution in [0.15, 0.2) is 53.3 Å². The summed E-state index contributed by atoms with van der Waals surface area (Å²) in [6, 6.07) is 16.4. The van der Waals surface area contributed by atoms with Crippen LogP contribution >= 0.6 is 0 Å². The Morgan fingerprint density at radius 2 is 1.93 bits per heavy atom. The number of aromatic nitrogens is 2. The average Bonchev–Trinajstić information content (AvgIpc) is 2.79. The molecule has 0 bridgehead atoms. The summed E-state index contributed by atoms with van der Waals surface area (Å²) in [5.74, 6) is 0.553. The fourth-order valence-corrected chi connectivity index (χ4v) is 3.46. The van der Waals surface area contributed by atoms with Crippen LogP contribution in [0.5, 0.6) is 0 Å². The van der Waals surface area contributed by atoms with Crippen molar-refractivity contribution < 1.29 is 4.79 Å². The second-order valence-electron chi connectivity index (χ2n) is 7.18. The first-order chi connectivity index (χ1) is 14.6. The van der Waals surface area contributed by atoms with Gasteiger partial charge in [0.15, 0.2) is 0 Å². The van der Waals surface area contributed by atoms with Crippen LogP contribution in [0, 0.1) is 11.3 Å². The lowest BCUT2D eigenvalue weighted by molar-refractivity contribution is 0.205. The number of anilines is 1. The van der Waals surface area contributed by atoms with Gasteiger partial charge in [-0.2, -0.15) is 5.26 Å². The normalized spacial score (nSPS) is 12.7. The summed E-state index contributed by atoms with van der Waals surface area (Å²) < 4.78 is 0. The van der Waals surface area contributed by atoms with E-state index in [4.69, 9.17) is 5.26 Å². The van der Waals surface area contributed by atoms with E-state index in [0.29, 0.717) is 35.6 Å². The summed E-state index contributed by atoms with van der Waals surface area (Å²) in [5, 5.41) is 11.7. The number of rotatable bonds is 3. The summed E-state index contributed by atoms with van der Waals surface area (Å²) in [7, 11) is 0. The Hall–Kier alpha value is -3.92. The molecule has 30 heavy (non-hydrogen) atoms. The second kappa shape index (κ2) is 8.21. The molecular weight excluding hydrogens is 378 g/mol. The number of aryl methyl sites for hydroxylation is 1. The van der Waals surface area contributed by atoms with E-state index in [1.165, 1.54) is 5.56 Å². The van der Waals surface area contributed by atoms with Gasteiger partial charge in [-0.25, -0.2) is 9.78 Å². The number of urea groups is 1. The molecule has 7 heteroatoms. The van der Waals surface area contributed by atoms with E-state index in [9.17, 15) is 9.59 Å². The third-order valence-electron chi connectivity index (χ3n) is 5.26. The number of benzene rings is 2. The van der Waals surface area contributed by atoms with Crippen LogP contribution in [-0.2, 0) is 19.4 Å². The molecule has 0 aliphatic carbocycles. The quantitative estimate of drug-likeness (QED) is 0.704. The number of carbonyl (C=O) groups excluding carboxylic acids is 1. The zero-order valence-corrected chi connectivity index (χ0v) is 16.6. The van der Waals surface area contributed by atoms with Crippen molar-refractivity contribution in [1.29, 1.82) is 5.26 Å². The lowest BCUT2D eigenvalue weighted by Gasteiger charge is -2.28.